The number of fused-ring (bicyclic) bond motifs is 1. The summed E-state index contributed by atoms with van der Waals surface area (Å²) in [6, 6.07) is 5.04. The van der Waals surface area contributed by atoms with Crippen molar-refractivity contribution in [2.24, 2.45) is 28.6 Å². The lowest BCUT2D eigenvalue weighted by Crippen LogP contribution is -2.49. The number of aromatic nitrogens is 3. The van der Waals surface area contributed by atoms with Gasteiger partial charge in [0, 0.05) is 43.8 Å². The second-order valence-corrected chi connectivity index (χ2v) is 16.7. The molecular formula is C40H55N7O8. The first-order valence-electron chi connectivity index (χ1n) is 19.0. The quantitative estimate of drug-likeness (QED) is 0.114. The normalized spacial score (nSPS) is 20.4. The van der Waals surface area contributed by atoms with Crippen molar-refractivity contribution in [3.8, 4) is 23.0 Å². The Hall–Kier alpha value is -5.10. The Kier molecular flexibility index (Phi) is 12.5. The first kappa shape index (κ1) is 41.1. The van der Waals surface area contributed by atoms with Crippen molar-refractivity contribution < 1.29 is 38.1 Å². The van der Waals surface area contributed by atoms with Crippen LogP contribution in [0.2, 0.25) is 0 Å². The van der Waals surface area contributed by atoms with Gasteiger partial charge in [0.05, 0.1) is 32.0 Å². The van der Waals surface area contributed by atoms with Gasteiger partial charge in [-0.05, 0) is 47.8 Å². The van der Waals surface area contributed by atoms with Crippen LogP contribution in [0.5, 0.6) is 11.6 Å². The molecule has 1 aliphatic heterocycles. The van der Waals surface area contributed by atoms with Gasteiger partial charge < -0.3 is 34.5 Å². The lowest BCUT2D eigenvalue weighted by atomic mass is 9.59. The second kappa shape index (κ2) is 16.7. The molecule has 2 atom stereocenters. The van der Waals surface area contributed by atoms with Crippen LogP contribution < -0.4 is 20.1 Å². The molecule has 1 saturated carbocycles. The summed E-state index contributed by atoms with van der Waals surface area (Å²) in [7, 11) is 0. The summed E-state index contributed by atoms with van der Waals surface area (Å²) in [5.74, 6) is -0.206. The van der Waals surface area contributed by atoms with Crippen molar-refractivity contribution in [2.75, 3.05) is 44.8 Å². The van der Waals surface area contributed by atoms with Crippen LogP contribution in [0.25, 0.3) is 21.9 Å². The number of rotatable bonds is 10. The SMILES string of the molecule is [C-]#[N+]c1c(C(=O)OC2C(C(C)(C)C)CC(C)CC2C(C)(C)C)c2nc(-c3ccc(OCCNC(C)=O)c(NC(=O)CC)c3)[nH]n2c1OC(=O)N1CCOCC1. The summed E-state index contributed by atoms with van der Waals surface area (Å²) >= 11 is 0. The molecule has 2 fully saturated rings. The van der Waals surface area contributed by atoms with Gasteiger partial charge in [-0.3, -0.25) is 14.7 Å². The average Bonchev–Trinajstić information content (AvgIpc) is 3.67. The third kappa shape index (κ3) is 9.41. The molecule has 0 radical (unpaired) electrons. The minimum Gasteiger partial charge on any atom is -0.490 e. The largest absolute Gasteiger partial charge is 0.490 e. The van der Waals surface area contributed by atoms with Crippen molar-refractivity contribution >= 4 is 40.9 Å². The zero-order valence-corrected chi connectivity index (χ0v) is 33.5. The Morgan fingerprint density at radius 1 is 1.05 bits per heavy atom. The maximum atomic E-state index is 14.6. The first-order chi connectivity index (χ1) is 25.9. The lowest BCUT2D eigenvalue weighted by Gasteiger charge is -2.50. The van der Waals surface area contributed by atoms with E-state index in [4.69, 9.17) is 30.5 Å². The summed E-state index contributed by atoms with van der Waals surface area (Å²) in [6.45, 7) is 28.3. The zero-order valence-electron chi connectivity index (χ0n) is 33.5. The van der Waals surface area contributed by atoms with Crippen LogP contribution >= 0.6 is 0 Å². The van der Waals surface area contributed by atoms with E-state index in [0.29, 0.717) is 49.2 Å². The number of benzene rings is 1. The number of nitrogens with zero attached hydrogens (tertiary/aromatic N) is 4. The van der Waals surface area contributed by atoms with E-state index in [1.807, 2.05) is 0 Å². The molecule has 0 bridgehead atoms. The molecule has 0 spiro atoms. The number of carbonyl (C=O) groups excluding carboxylic acids is 4. The van der Waals surface area contributed by atoms with Gasteiger partial charge in [-0.2, -0.15) is 0 Å². The first-order valence-corrected chi connectivity index (χ1v) is 19.0. The molecule has 3 heterocycles. The van der Waals surface area contributed by atoms with Gasteiger partial charge in [0.25, 0.3) is 5.69 Å². The smallest absolute Gasteiger partial charge is 0.415 e. The summed E-state index contributed by atoms with van der Waals surface area (Å²) in [4.78, 5) is 61.9. The van der Waals surface area contributed by atoms with Crippen LogP contribution in [0, 0.1) is 35.2 Å². The number of amides is 3. The Morgan fingerprint density at radius 3 is 2.29 bits per heavy atom. The van der Waals surface area contributed by atoms with Gasteiger partial charge in [0.1, 0.15) is 24.0 Å². The molecule has 1 saturated heterocycles. The van der Waals surface area contributed by atoms with E-state index in [1.54, 1.807) is 25.1 Å². The maximum Gasteiger partial charge on any atom is 0.415 e. The number of carbonyl (C=O) groups is 4. The van der Waals surface area contributed by atoms with Gasteiger partial charge in [0.2, 0.25) is 17.7 Å². The molecule has 55 heavy (non-hydrogen) atoms. The summed E-state index contributed by atoms with van der Waals surface area (Å²) in [6.07, 6.45) is 0.838. The van der Waals surface area contributed by atoms with Crippen molar-refractivity contribution in [3.63, 3.8) is 0 Å². The molecule has 15 nitrogen and oxygen atoms in total. The highest BCUT2D eigenvalue weighted by atomic mass is 16.6. The number of nitrogens with one attached hydrogen (secondary N) is 3. The fourth-order valence-corrected chi connectivity index (χ4v) is 7.46. The van der Waals surface area contributed by atoms with Gasteiger partial charge in [-0.25, -0.2) is 23.9 Å². The van der Waals surface area contributed by atoms with Crippen LogP contribution in [-0.4, -0.2) is 88.9 Å². The highest BCUT2D eigenvalue weighted by molar-refractivity contribution is 6.05. The number of morpholine rings is 1. The standard InChI is InChI=1S/C40H55N7O8/c1-11-30(49)43-28-22-25(12-13-29(28)53-17-14-42-24(3)48)34-44-35-31(32(41-10)36(47(35)45-34)55-38(51)46-15-18-52-19-16-46)37(50)54-33-26(39(4,5)6)20-23(2)21-27(33)40(7,8)9/h12-13,22-23,26-27,33H,11,14-21H2,1-9H3,(H,42,48)(H,43,49)(H,44,45). The van der Waals surface area contributed by atoms with Gasteiger partial charge >= 0.3 is 12.1 Å². The minimum absolute atomic E-state index is 0.0445. The molecule has 3 aromatic rings. The summed E-state index contributed by atoms with van der Waals surface area (Å²) < 4.78 is 25.1. The number of esters is 1. The van der Waals surface area contributed by atoms with Crippen LogP contribution in [0.1, 0.15) is 91.9 Å². The monoisotopic (exact) mass is 761 g/mol. The highest BCUT2D eigenvalue weighted by Crippen LogP contribution is 2.50. The van der Waals surface area contributed by atoms with E-state index in [1.165, 1.54) is 16.3 Å². The maximum absolute atomic E-state index is 14.6. The summed E-state index contributed by atoms with van der Waals surface area (Å²) in [5.41, 5.74) is 0.255. The van der Waals surface area contributed by atoms with Gasteiger partial charge in [-0.1, -0.05) is 55.4 Å². The van der Waals surface area contributed by atoms with Crippen LogP contribution in [-0.2, 0) is 19.1 Å². The minimum atomic E-state index is -0.725. The van der Waals surface area contributed by atoms with E-state index in [0.717, 1.165) is 12.8 Å². The highest BCUT2D eigenvalue weighted by Gasteiger charge is 2.48. The number of hydrogen-bond donors (Lipinski definition) is 3. The van der Waals surface area contributed by atoms with Crippen molar-refractivity contribution in [1.29, 1.82) is 0 Å². The third-order valence-corrected chi connectivity index (χ3v) is 10.4. The predicted octanol–water partition coefficient (Wildman–Crippen LogP) is 6.85. The summed E-state index contributed by atoms with van der Waals surface area (Å²) in [5, 5.41) is 8.65. The molecular weight excluding hydrogens is 706 g/mol. The topological polar surface area (TPSA) is 170 Å². The van der Waals surface area contributed by atoms with Crippen molar-refractivity contribution in [2.45, 2.75) is 87.7 Å². The molecule has 1 aromatic carbocycles. The molecule has 2 unspecified atom stereocenters. The van der Waals surface area contributed by atoms with E-state index in [-0.39, 0.29) is 82.7 Å². The number of aromatic amines is 1. The number of ether oxygens (including phenoxy) is 4. The van der Waals surface area contributed by atoms with E-state index in [9.17, 15) is 19.2 Å². The van der Waals surface area contributed by atoms with Crippen LogP contribution in [0.3, 0.4) is 0 Å². The molecule has 1 aliphatic carbocycles. The van der Waals surface area contributed by atoms with Crippen molar-refractivity contribution in [1.82, 2.24) is 24.8 Å². The third-order valence-electron chi connectivity index (χ3n) is 10.4. The number of hydrogen-bond acceptors (Lipinski definition) is 9. The van der Waals surface area contributed by atoms with E-state index in [2.05, 4.69) is 69.0 Å². The Labute approximate surface area is 322 Å². The Bertz CT molecular complexity index is 1920. The Morgan fingerprint density at radius 2 is 1.71 bits per heavy atom. The molecule has 2 aromatic heterocycles. The molecule has 3 amide bonds. The predicted molar refractivity (Wildman–Crippen MR) is 206 cm³/mol. The number of H-pyrrole nitrogens is 1. The molecule has 3 N–H and O–H groups in total. The fourth-order valence-electron chi connectivity index (χ4n) is 7.46. The van der Waals surface area contributed by atoms with E-state index < -0.39 is 18.2 Å². The molecule has 298 valence electrons. The molecule has 15 heteroatoms. The fraction of sp³-hybridized carbons (Fsp3) is 0.600. The van der Waals surface area contributed by atoms with Gasteiger partial charge in [0.15, 0.2) is 11.5 Å². The number of anilines is 1. The Balaban J connectivity index is 1.61. The molecule has 2 aliphatic rings. The lowest BCUT2D eigenvalue weighted by molar-refractivity contribution is -0.119. The van der Waals surface area contributed by atoms with Crippen LogP contribution in [0.15, 0.2) is 18.2 Å². The van der Waals surface area contributed by atoms with Gasteiger partial charge in [-0.15, -0.1) is 0 Å². The zero-order chi connectivity index (χ0) is 40.2. The average molecular weight is 762 g/mol. The molecule has 5 rings (SSSR count). The van der Waals surface area contributed by atoms with Crippen LogP contribution in [0.4, 0.5) is 16.2 Å². The van der Waals surface area contributed by atoms with Crippen molar-refractivity contribution in [3.05, 3.63) is 35.2 Å². The second-order valence-electron chi connectivity index (χ2n) is 16.7. The van der Waals surface area contributed by atoms with E-state index >= 15 is 0 Å².